The van der Waals surface area contributed by atoms with E-state index in [0.29, 0.717) is 6.20 Å². The van der Waals surface area contributed by atoms with Crippen LogP contribution in [0.25, 0.3) is 11.0 Å². The zero-order chi connectivity index (χ0) is 16.5. The number of fused-ring (bicyclic) bond motifs is 1. The highest BCUT2D eigenvalue weighted by Crippen LogP contribution is 2.32. The number of pyridine rings is 2. The molecule has 2 aromatic heterocycles. The standard InChI is InChI=1S/C12H7F5N2O3/c13-11(14,15)5-22-12(16,17)8-2-6-1-7(10(20)21)3-18-9(6)19-4-8/h1-4H,5H2,(H,20,21). The zero-order valence-electron chi connectivity index (χ0n) is 10.6. The van der Waals surface area contributed by atoms with Crippen LogP contribution in [-0.4, -0.2) is 33.8 Å². The van der Waals surface area contributed by atoms with E-state index in [4.69, 9.17) is 5.11 Å². The number of hydrogen-bond donors (Lipinski definition) is 1. The smallest absolute Gasteiger partial charge is 0.412 e. The molecule has 10 heteroatoms. The molecule has 0 saturated carbocycles. The van der Waals surface area contributed by atoms with Crippen molar-refractivity contribution >= 4 is 17.0 Å². The molecule has 0 bridgehead atoms. The molecule has 118 valence electrons. The van der Waals surface area contributed by atoms with Crippen molar-refractivity contribution in [3.63, 3.8) is 0 Å². The van der Waals surface area contributed by atoms with E-state index in [1.165, 1.54) is 0 Å². The van der Waals surface area contributed by atoms with E-state index in [9.17, 15) is 26.7 Å². The Balaban J connectivity index is 2.36. The highest BCUT2D eigenvalue weighted by Gasteiger charge is 2.39. The predicted octanol–water partition coefficient (Wildman–Crippen LogP) is 2.96. The summed E-state index contributed by atoms with van der Waals surface area (Å²) in [6.07, 6.45) is -7.54. The highest BCUT2D eigenvalue weighted by molar-refractivity contribution is 5.91. The zero-order valence-corrected chi connectivity index (χ0v) is 10.6. The van der Waals surface area contributed by atoms with Crippen LogP contribution in [0, 0.1) is 0 Å². The molecule has 0 spiro atoms. The van der Waals surface area contributed by atoms with Gasteiger partial charge in [0.25, 0.3) is 0 Å². The monoisotopic (exact) mass is 322 g/mol. The summed E-state index contributed by atoms with van der Waals surface area (Å²) in [5.74, 6) is -1.33. The fourth-order valence-corrected chi connectivity index (χ4v) is 1.56. The van der Waals surface area contributed by atoms with Crippen LogP contribution in [0.5, 0.6) is 0 Å². The van der Waals surface area contributed by atoms with E-state index >= 15 is 0 Å². The van der Waals surface area contributed by atoms with Gasteiger partial charge in [0.2, 0.25) is 0 Å². The predicted molar refractivity (Wildman–Crippen MR) is 62.4 cm³/mol. The molecular weight excluding hydrogens is 315 g/mol. The molecule has 2 aromatic rings. The molecule has 0 amide bonds. The van der Waals surface area contributed by atoms with Gasteiger partial charge in [-0.1, -0.05) is 0 Å². The van der Waals surface area contributed by atoms with Crippen LogP contribution in [0.15, 0.2) is 24.5 Å². The van der Waals surface area contributed by atoms with Crippen LogP contribution in [0.1, 0.15) is 15.9 Å². The maximum atomic E-state index is 13.6. The lowest BCUT2D eigenvalue weighted by molar-refractivity contribution is -0.296. The maximum absolute atomic E-state index is 13.6. The summed E-state index contributed by atoms with van der Waals surface area (Å²) in [4.78, 5) is 18.0. The van der Waals surface area contributed by atoms with Crippen LogP contribution in [-0.2, 0) is 10.8 Å². The second kappa shape index (κ2) is 5.44. The lowest BCUT2D eigenvalue weighted by Gasteiger charge is -2.18. The first-order chi connectivity index (χ1) is 10.1. The number of rotatable bonds is 4. The molecule has 0 aliphatic carbocycles. The van der Waals surface area contributed by atoms with Crippen LogP contribution in [0.2, 0.25) is 0 Å². The molecule has 0 aromatic carbocycles. The fraction of sp³-hybridized carbons (Fsp3) is 0.250. The number of alkyl halides is 5. The van der Waals surface area contributed by atoms with Crippen molar-refractivity contribution in [3.05, 3.63) is 35.7 Å². The minimum Gasteiger partial charge on any atom is -0.478 e. The van der Waals surface area contributed by atoms with Gasteiger partial charge in [-0.25, -0.2) is 14.8 Å². The minimum atomic E-state index is -4.91. The first-order valence-corrected chi connectivity index (χ1v) is 5.66. The third-order valence-electron chi connectivity index (χ3n) is 2.53. The molecule has 5 nitrogen and oxygen atoms in total. The molecule has 0 atom stereocenters. The second-order valence-electron chi connectivity index (χ2n) is 4.22. The molecule has 22 heavy (non-hydrogen) atoms. The largest absolute Gasteiger partial charge is 0.478 e. The molecule has 0 radical (unpaired) electrons. The number of halogens is 5. The minimum absolute atomic E-state index is 0.0274. The average Bonchev–Trinajstić information content (AvgIpc) is 2.43. The number of nitrogens with zero attached hydrogens (tertiary/aromatic N) is 2. The molecule has 0 saturated heterocycles. The van der Waals surface area contributed by atoms with E-state index in [1.807, 2.05) is 0 Å². The molecule has 0 fully saturated rings. The van der Waals surface area contributed by atoms with E-state index in [0.717, 1.165) is 18.3 Å². The number of aromatic carboxylic acids is 1. The molecule has 2 heterocycles. The molecular formula is C12H7F5N2O3. The number of carbonyl (C=O) groups is 1. The molecule has 1 N–H and O–H groups in total. The Labute approximate surface area is 119 Å². The summed E-state index contributed by atoms with van der Waals surface area (Å²) in [5.41, 5.74) is -1.24. The summed E-state index contributed by atoms with van der Waals surface area (Å²) in [5, 5.41) is 8.73. The van der Waals surface area contributed by atoms with Gasteiger partial charge in [0.1, 0.15) is 6.61 Å². The lowest BCUT2D eigenvalue weighted by Crippen LogP contribution is -2.26. The number of aromatic nitrogens is 2. The molecule has 0 unspecified atom stereocenters. The van der Waals surface area contributed by atoms with Gasteiger partial charge in [-0.15, -0.1) is 0 Å². The summed E-state index contributed by atoms with van der Waals surface area (Å²) in [6.45, 7) is -2.13. The first kappa shape index (κ1) is 16.0. The fourth-order valence-electron chi connectivity index (χ4n) is 1.56. The van der Waals surface area contributed by atoms with Crippen molar-refractivity contribution < 1.29 is 36.6 Å². The van der Waals surface area contributed by atoms with Crippen molar-refractivity contribution in [2.75, 3.05) is 6.61 Å². The van der Waals surface area contributed by atoms with Crippen LogP contribution < -0.4 is 0 Å². The third kappa shape index (κ3) is 3.64. The Morgan fingerprint density at radius 1 is 1.14 bits per heavy atom. The van der Waals surface area contributed by atoms with E-state index < -0.39 is 30.4 Å². The van der Waals surface area contributed by atoms with Crippen LogP contribution in [0.3, 0.4) is 0 Å². The van der Waals surface area contributed by atoms with Gasteiger partial charge in [0.05, 0.1) is 11.1 Å². The van der Waals surface area contributed by atoms with Crippen molar-refractivity contribution in [2.45, 2.75) is 12.3 Å². The van der Waals surface area contributed by atoms with Crippen LogP contribution in [0.4, 0.5) is 22.0 Å². The van der Waals surface area contributed by atoms with Crippen molar-refractivity contribution in [2.24, 2.45) is 0 Å². The second-order valence-corrected chi connectivity index (χ2v) is 4.22. The average molecular weight is 322 g/mol. The van der Waals surface area contributed by atoms with Crippen molar-refractivity contribution in [1.29, 1.82) is 0 Å². The SMILES string of the molecule is O=C(O)c1cnc2ncc(C(F)(F)OCC(F)(F)F)cc2c1. The third-order valence-corrected chi connectivity index (χ3v) is 2.53. The van der Waals surface area contributed by atoms with Gasteiger partial charge in [-0.05, 0) is 12.1 Å². The van der Waals surface area contributed by atoms with Gasteiger partial charge in [-0.3, -0.25) is 0 Å². The Morgan fingerprint density at radius 3 is 2.36 bits per heavy atom. The Kier molecular flexibility index (Phi) is 3.96. The number of carboxylic acid groups (broad SMARTS) is 1. The van der Waals surface area contributed by atoms with Gasteiger partial charge in [-0.2, -0.15) is 22.0 Å². The molecule has 2 rings (SSSR count). The number of ether oxygens (including phenoxy) is 1. The first-order valence-electron chi connectivity index (χ1n) is 5.66. The van der Waals surface area contributed by atoms with Gasteiger partial charge in [0, 0.05) is 17.8 Å². The van der Waals surface area contributed by atoms with Gasteiger partial charge < -0.3 is 9.84 Å². The summed E-state index contributed by atoms with van der Waals surface area (Å²) in [7, 11) is 0. The quantitative estimate of drug-likeness (QED) is 0.876. The topological polar surface area (TPSA) is 72.3 Å². The van der Waals surface area contributed by atoms with Crippen LogP contribution >= 0.6 is 0 Å². The molecule has 0 aliphatic heterocycles. The molecule has 0 aliphatic rings. The van der Waals surface area contributed by atoms with E-state index in [1.54, 1.807) is 0 Å². The van der Waals surface area contributed by atoms with Crippen molar-refractivity contribution in [1.82, 2.24) is 9.97 Å². The Hall–Kier alpha value is -2.36. The maximum Gasteiger partial charge on any atom is 0.412 e. The Morgan fingerprint density at radius 2 is 1.77 bits per heavy atom. The highest BCUT2D eigenvalue weighted by atomic mass is 19.4. The number of hydrogen-bond acceptors (Lipinski definition) is 4. The van der Waals surface area contributed by atoms with E-state index in [-0.39, 0.29) is 16.6 Å². The Bertz CT molecular complexity index is 717. The van der Waals surface area contributed by atoms with E-state index in [2.05, 4.69) is 14.7 Å². The lowest BCUT2D eigenvalue weighted by atomic mass is 10.1. The summed E-state index contributed by atoms with van der Waals surface area (Å²) in [6, 6.07) is 1.80. The normalized spacial score (nSPS) is 12.6. The van der Waals surface area contributed by atoms with Gasteiger partial charge in [0.15, 0.2) is 5.65 Å². The summed E-state index contributed by atoms with van der Waals surface area (Å²) >= 11 is 0. The van der Waals surface area contributed by atoms with Crippen molar-refractivity contribution in [3.8, 4) is 0 Å². The van der Waals surface area contributed by atoms with Gasteiger partial charge >= 0.3 is 18.3 Å². The summed E-state index contributed by atoms with van der Waals surface area (Å²) < 4.78 is 66.6. The number of carboxylic acids is 1.